The maximum Gasteiger partial charge on any atom is 0.292 e. The molecule has 0 N–H and O–H groups in total. The van der Waals surface area contributed by atoms with Crippen LogP contribution in [0.1, 0.15) is 26.3 Å². The Bertz CT molecular complexity index is 957. The average Bonchev–Trinajstić information content (AvgIpc) is 3.43. The summed E-state index contributed by atoms with van der Waals surface area (Å²) in [7, 11) is -4.14. The number of hydrogen-bond donors (Lipinski definition) is 0. The quantitative estimate of drug-likeness (QED) is 0.424. The summed E-state index contributed by atoms with van der Waals surface area (Å²) in [5.41, 5.74) is 0.315. The first-order valence-corrected chi connectivity index (χ1v) is 9.96. The molecule has 3 rings (SSSR count). The predicted octanol–water partition coefficient (Wildman–Crippen LogP) is 3.50. The van der Waals surface area contributed by atoms with Gasteiger partial charge in [0.2, 0.25) is 9.84 Å². The van der Waals surface area contributed by atoms with Gasteiger partial charge in [0.05, 0.1) is 16.4 Å². The average molecular weight is 391 g/mol. The molecule has 1 saturated heterocycles. The fourth-order valence-electron chi connectivity index (χ4n) is 2.63. The largest absolute Gasteiger partial charge is 0.489 e. The second kappa shape index (κ2) is 6.94. The third-order valence-corrected chi connectivity index (χ3v) is 6.12. The van der Waals surface area contributed by atoms with Gasteiger partial charge in [-0.05, 0) is 29.2 Å². The van der Waals surface area contributed by atoms with Gasteiger partial charge in [0.15, 0.2) is 4.90 Å². The van der Waals surface area contributed by atoms with Crippen molar-refractivity contribution in [3.05, 3.63) is 58.1 Å². The monoisotopic (exact) mass is 391 g/mol. The van der Waals surface area contributed by atoms with Gasteiger partial charge in [0.1, 0.15) is 18.5 Å². The highest BCUT2D eigenvalue weighted by Crippen LogP contribution is 2.37. The third-order valence-electron chi connectivity index (χ3n) is 4.28. The Morgan fingerprint density at radius 2 is 1.81 bits per heavy atom. The van der Waals surface area contributed by atoms with E-state index in [0.717, 1.165) is 11.6 Å². The van der Waals surface area contributed by atoms with Crippen molar-refractivity contribution in [2.45, 2.75) is 42.1 Å². The van der Waals surface area contributed by atoms with E-state index in [0.29, 0.717) is 6.61 Å². The molecule has 1 unspecified atom stereocenters. The predicted molar refractivity (Wildman–Crippen MR) is 98.9 cm³/mol. The van der Waals surface area contributed by atoms with E-state index in [-0.39, 0.29) is 28.8 Å². The highest BCUT2D eigenvalue weighted by atomic mass is 32.2. The van der Waals surface area contributed by atoms with Crippen molar-refractivity contribution in [3.63, 3.8) is 0 Å². The zero-order chi connectivity index (χ0) is 19.8. The van der Waals surface area contributed by atoms with Gasteiger partial charge in [-0.15, -0.1) is 0 Å². The van der Waals surface area contributed by atoms with Crippen molar-refractivity contribution in [1.29, 1.82) is 0 Å². The summed E-state index contributed by atoms with van der Waals surface area (Å²) >= 11 is 0. The fourth-order valence-corrected chi connectivity index (χ4v) is 4.17. The van der Waals surface area contributed by atoms with Crippen LogP contribution in [0.4, 0.5) is 5.69 Å². The van der Waals surface area contributed by atoms with Crippen molar-refractivity contribution in [2.24, 2.45) is 0 Å². The number of ether oxygens (including phenoxy) is 2. The van der Waals surface area contributed by atoms with Gasteiger partial charge in [-0.2, -0.15) is 0 Å². The van der Waals surface area contributed by atoms with Crippen LogP contribution >= 0.6 is 0 Å². The summed E-state index contributed by atoms with van der Waals surface area (Å²) in [5.74, 6) is -0.0420. The molecule has 1 aliphatic rings. The number of epoxide rings is 1. The summed E-state index contributed by atoms with van der Waals surface area (Å²) in [5, 5.41) is 11.4. The minimum absolute atomic E-state index is 0.0164. The molecule has 1 fully saturated rings. The first-order valence-electron chi connectivity index (χ1n) is 8.48. The van der Waals surface area contributed by atoms with Crippen LogP contribution in [0.3, 0.4) is 0 Å². The van der Waals surface area contributed by atoms with Gasteiger partial charge in [-0.1, -0.05) is 39.0 Å². The molecule has 27 heavy (non-hydrogen) atoms. The zero-order valence-corrected chi connectivity index (χ0v) is 16.2. The van der Waals surface area contributed by atoms with Gasteiger partial charge in [0.25, 0.3) is 5.69 Å². The van der Waals surface area contributed by atoms with Crippen molar-refractivity contribution >= 4 is 15.5 Å². The maximum atomic E-state index is 13.2. The Morgan fingerprint density at radius 1 is 1.19 bits per heavy atom. The molecular formula is C19H21NO6S. The van der Waals surface area contributed by atoms with Gasteiger partial charge in [-0.3, -0.25) is 10.1 Å². The Balaban J connectivity index is 2.07. The Labute approximate surface area is 158 Å². The Morgan fingerprint density at radius 3 is 2.33 bits per heavy atom. The van der Waals surface area contributed by atoms with E-state index in [1.165, 1.54) is 24.3 Å². The van der Waals surface area contributed by atoms with E-state index in [1.807, 2.05) is 20.8 Å². The normalized spacial score (nSPS) is 16.8. The molecule has 0 aliphatic carbocycles. The van der Waals surface area contributed by atoms with E-state index in [9.17, 15) is 18.5 Å². The standard InChI is InChI=1S/C19H21NO6S/c1-19(2,3)13-7-9-15(10-8-13)27(23,24)18-16(20(21)22)5-4-6-17(18)26-12-14-11-25-14/h4-10,14H,11-12H2,1-3H3. The molecule has 2 aromatic rings. The number of rotatable bonds is 6. The van der Waals surface area contributed by atoms with Crippen LogP contribution in [0.25, 0.3) is 0 Å². The molecular weight excluding hydrogens is 370 g/mol. The van der Waals surface area contributed by atoms with Crippen molar-refractivity contribution in [1.82, 2.24) is 0 Å². The van der Waals surface area contributed by atoms with Crippen molar-refractivity contribution < 1.29 is 22.8 Å². The van der Waals surface area contributed by atoms with E-state index < -0.39 is 25.3 Å². The second-order valence-corrected chi connectivity index (χ2v) is 9.29. The molecule has 0 aromatic heterocycles. The van der Waals surface area contributed by atoms with E-state index in [1.54, 1.807) is 12.1 Å². The molecule has 0 amide bonds. The van der Waals surface area contributed by atoms with Gasteiger partial charge in [-0.25, -0.2) is 8.42 Å². The molecule has 7 nitrogen and oxygen atoms in total. The van der Waals surface area contributed by atoms with Crippen LogP contribution in [-0.4, -0.2) is 32.7 Å². The van der Waals surface area contributed by atoms with Crippen LogP contribution < -0.4 is 4.74 Å². The molecule has 1 aliphatic heterocycles. The lowest BCUT2D eigenvalue weighted by Gasteiger charge is -2.19. The number of benzene rings is 2. The van der Waals surface area contributed by atoms with Crippen LogP contribution in [0.5, 0.6) is 5.75 Å². The highest BCUT2D eigenvalue weighted by Gasteiger charge is 2.33. The number of nitro benzene ring substituents is 1. The fraction of sp³-hybridized carbons (Fsp3) is 0.368. The first kappa shape index (κ1) is 19.3. The highest BCUT2D eigenvalue weighted by molar-refractivity contribution is 7.91. The van der Waals surface area contributed by atoms with Crippen molar-refractivity contribution in [3.8, 4) is 5.75 Å². The van der Waals surface area contributed by atoms with Crippen LogP contribution in [-0.2, 0) is 20.0 Å². The van der Waals surface area contributed by atoms with E-state index in [2.05, 4.69) is 0 Å². The SMILES string of the molecule is CC(C)(C)c1ccc(S(=O)(=O)c2c(OCC3CO3)cccc2[N+](=O)[O-])cc1. The Kier molecular flexibility index (Phi) is 4.96. The molecule has 1 heterocycles. The molecule has 0 saturated carbocycles. The summed E-state index contributed by atoms with van der Waals surface area (Å²) in [4.78, 5) is 10.3. The molecule has 0 bridgehead atoms. The summed E-state index contributed by atoms with van der Waals surface area (Å²) in [6, 6.07) is 10.4. The number of nitrogens with zero attached hydrogens (tertiary/aromatic N) is 1. The van der Waals surface area contributed by atoms with E-state index in [4.69, 9.17) is 9.47 Å². The number of hydrogen-bond acceptors (Lipinski definition) is 6. The molecule has 0 spiro atoms. The van der Waals surface area contributed by atoms with Gasteiger partial charge < -0.3 is 9.47 Å². The lowest BCUT2D eigenvalue weighted by molar-refractivity contribution is -0.388. The Hall–Kier alpha value is -2.45. The van der Waals surface area contributed by atoms with Gasteiger partial charge >= 0.3 is 0 Å². The summed E-state index contributed by atoms with van der Waals surface area (Å²) in [6.07, 6.45) is -0.106. The van der Waals surface area contributed by atoms with Crippen LogP contribution in [0, 0.1) is 10.1 Å². The molecule has 0 radical (unpaired) electrons. The van der Waals surface area contributed by atoms with Crippen molar-refractivity contribution in [2.75, 3.05) is 13.2 Å². The second-order valence-electron chi connectivity index (χ2n) is 7.41. The summed E-state index contributed by atoms with van der Waals surface area (Å²) < 4.78 is 37.0. The van der Waals surface area contributed by atoms with Crippen LogP contribution in [0.15, 0.2) is 52.3 Å². The lowest BCUT2D eigenvalue weighted by Crippen LogP contribution is -2.13. The molecule has 144 valence electrons. The van der Waals surface area contributed by atoms with E-state index >= 15 is 0 Å². The third kappa shape index (κ3) is 4.12. The minimum Gasteiger partial charge on any atom is -0.489 e. The minimum atomic E-state index is -4.14. The smallest absolute Gasteiger partial charge is 0.292 e. The molecule has 2 aromatic carbocycles. The topological polar surface area (TPSA) is 99.0 Å². The molecule has 1 atom stereocenters. The first-order chi connectivity index (χ1) is 12.6. The maximum absolute atomic E-state index is 13.2. The van der Waals surface area contributed by atoms with Crippen LogP contribution in [0.2, 0.25) is 0 Å². The summed E-state index contributed by atoms with van der Waals surface area (Å²) in [6.45, 7) is 6.73. The lowest BCUT2D eigenvalue weighted by atomic mass is 9.87. The number of nitro groups is 1. The number of sulfone groups is 1. The van der Waals surface area contributed by atoms with Gasteiger partial charge in [0, 0.05) is 6.07 Å². The zero-order valence-electron chi connectivity index (χ0n) is 15.3. The molecule has 8 heteroatoms.